The van der Waals surface area contributed by atoms with Gasteiger partial charge in [-0.25, -0.2) is 0 Å². The molecule has 0 aliphatic carbocycles. The van der Waals surface area contributed by atoms with Crippen molar-refractivity contribution in [1.29, 1.82) is 0 Å². The molecule has 0 atom stereocenters. The highest BCUT2D eigenvalue weighted by Gasteiger charge is 2.20. The van der Waals surface area contributed by atoms with Crippen LogP contribution >= 0.6 is 23.4 Å². The molecule has 0 radical (unpaired) electrons. The minimum atomic E-state index is -0.319. The van der Waals surface area contributed by atoms with Gasteiger partial charge in [0.15, 0.2) is 5.16 Å². The number of benzene rings is 1. The molecular weight excluding hydrogens is 312 g/mol. The zero-order chi connectivity index (χ0) is 14.8. The van der Waals surface area contributed by atoms with Crippen LogP contribution in [0.15, 0.2) is 23.4 Å². The fourth-order valence-electron chi connectivity index (χ4n) is 2.10. The van der Waals surface area contributed by atoms with E-state index in [0.717, 1.165) is 23.9 Å². The first kappa shape index (κ1) is 14.2. The van der Waals surface area contributed by atoms with E-state index in [0.29, 0.717) is 22.3 Å². The third kappa shape index (κ3) is 2.84. The lowest BCUT2D eigenvalue weighted by Gasteiger charge is -2.14. The van der Waals surface area contributed by atoms with Crippen molar-refractivity contribution in [3.05, 3.63) is 28.8 Å². The molecule has 0 spiro atoms. The second kappa shape index (κ2) is 5.95. The molecule has 2 aromatic rings. The molecule has 8 heteroatoms. The lowest BCUT2D eigenvalue weighted by atomic mass is 10.2. The van der Waals surface area contributed by atoms with Crippen LogP contribution in [-0.4, -0.2) is 33.5 Å². The Morgan fingerprint density at radius 2 is 2.33 bits per heavy atom. The summed E-state index contributed by atoms with van der Waals surface area (Å²) in [6, 6.07) is 4.90. The van der Waals surface area contributed by atoms with Crippen LogP contribution in [0, 0.1) is 0 Å². The van der Waals surface area contributed by atoms with Crippen molar-refractivity contribution < 1.29 is 9.53 Å². The summed E-state index contributed by atoms with van der Waals surface area (Å²) in [6.45, 7) is 0.803. The predicted octanol–water partition coefficient (Wildman–Crippen LogP) is 2.69. The van der Waals surface area contributed by atoms with Crippen LogP contribution in [-0.2, 0) is 6.54 Å². The second-order valence-corrected chi connectivity index (χ2v) is 5.96. The molecule has 1 aliphatic rings. The van der Waals surface area contributed by atoms with Crippen molar-refractivity contribution in [2.45, 2.75) is 18.1 Å². The molecule has 1 aromatic heterocycles. The SMILES string of the molecule is COc1ccc(Cl)cc1C(=O)Nc1nnc2n1CCCS2. The lowest BCUT2D eigenvalue weighted by molar-refractivity contribution is 0.102. The number of thioether (sulfide) groups is 1. The number of ether oxygens (including phenoxy) is 1. The number of hydrogen-bond donors (Lipinski definition) is 1. The molecule has 1 N–H and O–H groups in total. The zero-order valence-corrected chi connectivity index (χ0v) is 12.9. The van der Waals surface area contributed by atoms with Gasteiger partial charge in [0.05, 0.1) is 12.7 Å². The van der Waals surface area contributed by atoms with Crippen LogP contribution in [0.4, 0.5) is 5.95 Å². The largest absolute Gasteiger partial charge is 0.496 e. The van der Waals surface area contributed by atoms with Crippen molar-refractivity contribution in [1.82, 2.24) is 14.8 Å². The first-order valence-electron chi connectivity index (χ1n) is 6.40. The number of anilines is 1. The number of rotatable bonds is 3. The smallest absolute Gasteiger partial charge is 0.261 e. The van der Waals surface area contributed by atoms with Gasteiger partial charge >= 0.3 is 0 Å². The van der Waals surface area contributed by atoms with Crippen LogP contribution < -0.4 is 10.1 Å². The summed E-state index contributed by atoms with van der Waals surface area (Å²) in [7, 11) is 1.51. The molecule has 0 saturated carbocycles. The summed E-state index contributed by atoms with van der Waals surface area (Å²) in [5.74, 6) is 1.61. The molecule has 110 valence electrons. The number of nitrogens with one attached hydrogen (secondary N) is 1. The van der Waals surface area contributed by atoms with E-state index >= 15 is 0 Å². The fraction of sp³-hybridized carbons (Fsp3) is 0.308. The highest BCUT2D eigenvalue weighted by molar-refractivity contribution is 7.99. The topological polar surface area (TPSA) is 69.0 Å². The van der Waals surface area contributed by atoms with E-state index < -0.39 is 0 Å². The maximum absolute atomic E-state index is 12.4. The minimum Gasteiger partial charge on any atom is -0.496 e. The van der Waals surface area contributed by atoms with E-state index in [-0.39, 0.29) is 5.91 Å². The summed E-state index contributed by atoms with van der Waals surface area (Å²) >= 11 is 7.58. The summed E-state index contributed by atoms with van der Waals surface area (Å²) in [5, 5.41) is 12.2. The lowest BCUT2D eigenvalue weighted by Crippen LogP contribution is -2.18. The third-order valence-corrected chi connectivity index (χ3v) is 4.39. The van der Waals surface area contributed by atoms with Gasteiger partial charge in [0.1, 0.15) is 5.75 Å². The number of carbonyl (C=O) groups is 1. The Hall–Kier alpha value is -1.73. The third-order valence-electron chi connectivity index (χ3n) is 3.11. The Morgan fingerprint density at radius 3 is 3.14 bits per heavy atom. The zero-order valence-electron chi connectivity index (χ0n) is 11.3. The number of hydrogen-bond acceptors (Lipinski definition) is 5. The van der Waals surface area contributed by atoms with Crippen molar-refractivity contribution in [3.8, 4) is 5.75 Å². The van der Waals surface area contributed by atoms with Gasteiger partial charge in [-0.2, -0.15) is 0 Å². The minimum absolute atomic E-state index is 0.319. The van der Waals surface area contributed by atoms with Gasteiger partial charge in [-0.1, -0.05) is 23.4 Å². The first-order chi connectivity index (χ1) is 10.2. The first-order valence-corrected chi connectivity index (χ1v) is 7.76. The molecule has 3 rings (SSSR count). The number of methoxy groups -OCH3 is 1. The summed E-state index contributed by atoms with van der Waals surface area (Å²) < 4.78 is 7.09. The average Bonchev–Trinajstić information content (AvgIpc) is 2.90. The quantitative estimate of drug-likeness (QED) is 0.940. The van der Waals surface area contributed by atoms with E-state index in [9.17, 15) is 4.79 Å². The average molecular weight is 325 g/mol. The Labute approximate surface area is 130 Å². The monoisotopic (exact) mass is 324 g/mol. The Balaban J connectivity index is 1.87. The van der Waals surface area contributed by atoms with Crippen LogP contribution in [0.25, 0.3) is 0 Å². The van der Waals surface area contributed by atoms with Gasteiger partial charge in [-0.05, 0) is 24.6 Å². The van der Waals surface area contributed by atoms with E-state index in [4.69, 9.17) is 16.3 Å². The molecule has 1 amide bonds. The molecule has 6 nitrogen and oxygen atoms in total. The highest BCUT2D eigenvalue weighted by Crippen LogP contribution is 2.27. The van der Waals surface area contributed by atoms with E-state index in [2.05, 4.69) is 15.5 Å². The van der Waals surface area contributed by atoms with Crippen molar-refractivity contribution in [3.63, 3.8) is 0 Å². The molecule has 0 saturated heterocycles. The standard InChI is InChI=1S/C13H13ClN4O2S/c1-20-10-4-3-8(14)7-9(10)11(19)15-12-16-17-13-18(12)5-2-6-21-13/h3-4,7H,2,5-6H2,1H3,(H,15,16,19). The Kier molecular flexibility index (Phi) is 4.03. The van der Waals surface area contributed by atoms with Crippen molar-refractivity contribution >= 4 is 35.2 Å². The normalized spacial score (nSPS) is 13.6. The number of aromatic nitrogens is 3. The van der Waals surface area contributed by atoms with Crippen molar-refractivity contribution in [2.24, 2.45) is 0 Å². The maximum Gasteiger partial charge on any atom is 0.261 e. The molecule has 0 unspecified atom stereocenters. The van der Waals surface area contributed by atoms with Crippen LogP contribution in [0.2, 0.25) is 5.02 Å². The van der Waals surface area contributed by atoms with Gasteiger partial charge < -0.3 is 4.74 Å². The van der Waals surface area contributed by atoms with Crippen LogP contribution in [0.5, 0.6) is 5.75 Å². The molecule has 1 aromatic carbocycles. The second-order valence-electron chi connectivity index (χ2n) is 4.46. The van der Waals surface area contributed by atoms with Gasteiger partial charge in [-0.3, -0.25) is 14.7 Å². The number of halogens is 1. The molecule has 1 aliphatic heterocycles. The Bertz CT molecular complexity index is 689. The number of nitrogens with zero attached hydrogens (tertiary/aromatic N) is 3. The fourth-order valence-corrected chi connectivity index (χ4v) is 3.16. The summed E-state index contributed by atoms with van der Waals surface area (Å²) in [6.07, 6.45) is 1.03. The molecule has 21 heavy (non-hydrogen) atoms. The number of carbonyl (C=O) groups excluding carboxylic acids is 1. The highest BCUT2D eigenvalue weighted by atomic mass is 35.5. The predicted molar refractivity (Wildman–Crippen MR) is 81.3 cm³/mol. The van der Waals surface area contributed by atoms with E-state index in [1.54, 1.807) is 30.0 Å². The van der Waals surface area contributed by atoms with Crippen LogP contribution in [0.3, 0.4) is 0 Å². The number of fused-ring (bicyclic) bond motifs is 1. The van der Waals surface area contributed by atoms with Crippen molar-refractivity contribution in [2.75, 3.05) is 18.2 Å². The number of amides is 1. The van der Waals surface area contributed by atoms with Gasteiger partial charge in [0.2, 0.25) is 5.95 Å². The molecule has 0 fully saturated rings. The van der Waals surface area contributed by atoms with E-state index in [1.165, 1.54) is 7.11 Å². The van der Waals surface area contributed by atoms with E-state index in [1.807, 2.05) is 4.57 Å². The van der Waals surface area contributed by atoms with Gasteiger partial charge in [0.25, 0.3) is 5.91 Å². The summed E-state index contributed by atoms with van der Waals surface area (Å²) in [5.41, 5.74) is 0.366. The molecule has 0 bridgehead atoms. The summed E-state index contributed by atoms with van der Waals surface area (Å²) in [4.78, 5) is 12.4. The maximum atomic E-state index is 12.4. The molecule has 2 heterocycles. The van der Waals surface area contributed by atoms with Crippen LogP contribution in [0.1, 0.15) is 16.8 Å². The van der Waals surface area contributed by atoms with Gasteiger partial charge in [-0.15, -0.1) is 10.2 Å². The van der Waals surface area contributed by atoms with Gasteiger partial charge in [0, 0.05) is 17.3 Å². The Morgan fingerprint density at radius 1 is 1.48 bits per heavy atom. The molecular formula is C13H13ClN4O2S.